The smallest absolute Gasteiger partial charge is 0.155 e. The fraction of sp³-hybridized carbons (Fsp3) is 0.917. The van der Waals surface area contributed by atoms with Crippen LogP contribution in [0.1, 0.15) is 59.8 Å². The number of carbonyl (C=O) groups excluding carboxylic acids is 1. The Labute approximate surface area is 88.0 Å². The monoisotopic (exact) mass is 200 g/mol. The van der Waals surface area contributed by atoms with E-state index in [2.05, 4.69) is 20.8 Å². The van der Waals surface area contributed by atoms with Gasteiger partial charge in [0.25, 0.3) is 0 Å². The van der Waals surface area contributed by atoms with E-state index in [1.807, 2.05) is 0 Å². The Morgan fingerprint density at radius 1 is 1.14 bits per heavy atom. The van der Waals surface area contributed by atoms with Gasteiger partial charge in [0.1, 0.15) is 6.61 Å². The quantitative estimate of drug-likeness (QED) is 0.600. The highest BCUT2D eigenvalue weighted by atomic mass is 16.5. The lowest BCUT2D eigenvalue weighted by atomic mass is 9.89. The summed E-state index contributed by atoms with van der Waals surface area (Å²) in [6, 6.07) is 0. The van der Waals surface area contributed by atoms with Crippen LogP contribution in [0.4, 0.5) is 0 Å². The Morgan fingerprint density at radius 2 is 1.64 bits per heavy atom. The zero-order valence-corrected chi connectivity index (χ0v) is 10.1. The summed E-state index contributed by atoms with van der Waals surface area (Å²) >= 11 is 0. The van der Waals surface area contributed by atoms with Crippen molar-refractivity contribution in [2.24, 2.45) is 0 Å². The molecule has 84 valence electrons. The molecule has 0 saturated heterocycles. The van der Waals surface area contributed by atoms with Crippen molar-refractivity contribution < 1.29 is 9.53 Å². The van der Waals surface area contributed by atoms with E-state index in [4.69, 9.17) is 4.74 Å². The first kappa shape index (κ1) is 13.6. The van der Waals surface area contributed by atoms with Crippen LogP contribution < -0.4 is 0 Å². The minimum absolute atomic E-state index is 0.0465. The Balaban J connectivity index is 4.24. The first-order chi connectivity index (χ1) is 6.60. The van der Waals surface area contributed by atoms with Gasteiger partial charge in [0.15, 0.2) is 5.78 Å². The van der Waals surface area contributed by atoms with Gasteiger partial charge < -0.3 is 4.74 Å². The molecule has 0 radical (unpaired) electrons. The topological polar surface area (TPSA) is 26.3 Å². The number of ether oxygens (including phenoxy) is 1. The van der Waals surface area contributed by atoms with Crippen molar-refractivity contribution in [3.05, 3.63) is 0 Å². The average molecular weight is 200 g/mol. The third kappa shape index (κ3) is 4.75. The largest absolute Gasteiger partial charge is 0.367 e. The van der Waals surface area contributed by atoms with Gasteiger partial charge in [0.2, 0.25) is 0 Å². The van der Waals surface area contributed by atoms with Gasteiger partial charge in [0, 0.05) is 0 Å². The van der Waals surface area contributed by atoms with Gasteiger partial charge in [0.05, 0.1) is 5.60 Å². The second kappa shape index (κ2) is 6.99. The summed E-state index contributed by atoms with van der Waals surface area (Å²) in [6.07, 6.45) is 5.36. The second-order valence-electron chi connectivity index (χ2n) is 4.03. The maximum Gasteiger partial charge on any atom is 0.155 e. The van der Waals surface area contributed by atoms with E-state index >= 15 is 0 Å². The van der Waals surface area contributed by atoms with Crippen molar-refractivity contribution in [2.75, 3.05) is 6.61 Å². The maximum atomic E-state index is 10.9. The van der Waals surface area contributed by atoms with Crippen molar-refractivity contribution >= 4 is 5.78 Å². The molecule has 0 N–H and O–H groups in total. The molecule has 0 rings (SSSR count). The molecule has 2 heteroatoms. The zero-order chi connectivity index (χ0) is 11.0. The molecule has 0 unspecified atom stereocenters. The lowest BCUT2D eigenvalue weighted by molar-refractivity contribution is -0.131. The minimum Gasteiger partial charge on any atom is -0.367 e. The molecule has 0 fully saturated rings. The highest BCUT2D eigenvalue weighted by Crippen LogP contribution is 2.27. The summed E-state index contributed by atoms with van der Waals surface area (Å²) < 4.78 is 5.77. The van der Waals surface area contributed by atoms with Crippen molar-refractivity contribution in [1.82, 2.24) is 0 Å². The summed E-state index contributed by atoms with van der Waals surface area (Å²) in [7, 11) is 0. The van der Waals surface area contributed by atoms with E-state index in [0.717, 1.165) is 32.1 Å². The van der Waals surface area contributed by atoms with Crippen LogP contribution in [0.15, 0.2) is 0 Å². The molecule has 0 atom stereocenters. The minimum atomic E-state index is -0.0465. The van der Waals surface area contributed by atoms with Crippen molar-refractivity contribution in [1.29, 1.82) is 0 Å². The number of hydrogen-bond acceptors (Lipinski definition) is 2. The Morgan fingerprint density at radius 3 is 1.93 bits per heavy atom. The molecule has 0 aromatic carbocycles. The normalized spacial score (nSPS) is 11.7. The van der Waals surface area contributed by atoms with Crippen LogP contribution in [-0.2, 0) is 9.53 Å². The van der Waals surface area contributed by atoms with Crippen LogP contribution in [0.5, 0.6) is 0 Å². The molecule has 0 aliphatic carbocycles. The third-order valence-corrected chi connectivity index (χ3v) is 2.64. The van der Waals surface area contributed by atoms with Crippen molar-refractivity contribution in [3.63, 3.8) is 0 Å². The van der Waals surface area contributed by atoms with E-state index in [9.17, 15) is 4.79 Å². The number of ketones is 1. The van der Waals surface area contributed by atoms with E-state index in [1.165, 1.54) is 0 Å². The first-order valence-electron chi connectivity index (χ1n) is 5.73. The van der Waals surface area contributed by atoms with E-state index < -0.39 is 0 Å². The van der Waals surface area contributed by atoms with Gasteiger partial charge >= 0.3 is 0 Å². The fourth-order valence-corrected chi connectivity index (χ4v) is 1.89. The van der Waals surface area contributed by atoms with Crippen LogP contribution in [0, 0.1) is 0 Å². The van der Waals surface area contributed by atoms with Crippen LogP contribution in [0.25, 0.3) is 0 Å². The molecule has 0 bridgehead atoms. The molecule has 0 saturated carbocycles. The number of rotatable bonds is 8. The molecule has 0 aliphatic heterocycles. The second-order valence-corrected chi connectivity index (χ2v) is 4.03. The zero-order valence-electron chi connectivity index (χ0n) is 10.1. The maximum absolute atomic E-state index is 10.9. The molecule has 14 heavy (non-hydrogen) atoms. The molecule has 0 amide bonds. The summed E-state index contributed by atoms with van der Waals surface area (Å²) in [6.45, 7) is 8.33. The van der Waals surface area contributed by atoms with Gasteiger partial charge in [-0.15, -0.1) is 0 Å². The number of carbonyl (C=O) groups is 1. The lowest BCUT2D eigenvalue weighted by Gasteiger charge is -2.32. The van der Waals surface area contributed by atoms with Crippen molar-refractivity contribution in [3.8, 4) is 0 Å². The Hall–Kier alpha value is -0.370. The molecule has 2 nitrogen and oxygen atoms in total. The van der Waals surface area contributed by atoms with Crippen LogP contribution in [0.2, 0.25) is 0 Å². The summed E-state index contributed by atoms with van der Waals surface area (Å²) in [5.41, 5.74) is -0.0465. The SMILES string of the molecule is CCCC(CC)(CCC)OCC(C)=O. The molecule has 0 aliphatic rings. The van der Waals surface area contributed by atoms with Crippen LogP contribution >= 0.6 is 0 Å². The third-order valence-electron chi connectivity index (χ3n) is 2.64. The molecular formula is C12H24O2. The Bertz CT molecular complexity index is 158. The van der Waals surface area contributed by atoms with E-state index in [1.54, 1.807) is 6.92 Å². The number of hydrogen-bond donors (Lipinski definition) is 0. The summed E-state index contributed by atoms with van der Waals surface area (Å²) in [5.74, 6) is 0.120. The predicted octanol–water partition coefficient (Wildman–Crippen LogP) is 3.34. The van der Waals surface area contributed by atoms with Crippen LogP contribution in [0.3, 0.4) is 0 Å². The molecular weight excluding hydrogens is 176 g/mol. The molecule has 0 aromatic heterocycles. The van der Waals surface area contributed by atoms with E-state index in [-0.39, 0.29) is 18.0 Å². The summed E-state index contributed by atoms with van der Waals surface area (Å²) in [4.78, 5) is 10.9. The first-order valence-corrected chi connectivity index (χ1v) is 5.73. The van der Waals surface area contributed by atoms with Gasteiger partial charge in [-0.2, -0.15) is 0 Å². The highest BCUT2D eigenvalue weighted by molar-refractivity contribution is 5.76. The van der Waals surface area contributed by atoms with Gasteiger partial charge in [-0.3, -0.25) is 4.79 Å². The highest BCUT2D eigenvalue weighted by Gasteiger charge is 2.27. The lowest BCUT2D eigenvalue weighted by Crippen LogP contribution is -2.33. The fourth-order valence-electron chi connectivity index (χ4n) is 1.89. The van der Waals surface area contributed by atoms with Gasteiger partial charge in [-0.1, -0.05) is 33.6 Å². The van der Waals surface area contributed by atoms with E-state index in [0.29, 0.717) is 0 Å². The predicted molar refractivity (Wildman–Crippen MR) is 59.5 cm³/mol. The Kier molecular flexibility index (Phi) is 6.81. The van der Waals surface area contributed by atoms with Gasteiger partial charge in [-0.25, -0.2) is 0 Å². The van der Waals surface area contributed by atoms with Crippen LogP contribution in [-0.4, -0.2) is 18.0 Å². The van der Waals surface area contributed by atoms with Crippen molar-refractivity contribution in [2.45, 2.75) is 65.4 Å². The molecule has 0 heterocycles. The molecule has 0 spiro atoms. The molecule has 0 aromatic rings. The number of Topliss-reactive ketones (excluding diaryl/α,β-unsaturated/α-hetero) is 1. The van der Waals surface area contributed by atoms with Gasteiger partial charge in [-0.05, 0) is 26.2 Å². The summed E-state index contributed by atoms with van der Waals surface area (Å²) in [5, 5.41) is 0. The standard InChI is InChI=1S/C12H24O2/c1-5-8-12(7-3,9-6-2)14-10-11(4)13/h5-10H2,1-4H3. The average Bonchev–Trinajstić information content (AvgIpc) is 2.15.